The summed E-state index contributed by atoms with van der Waals surface area (Å²) in [6.07, 6.45) is 6.24. The van der Waals surface area contributed by atoms with Crippen LogP contribution in [0.4, 0.5) is 0 Å². The fourth-order valence-electron chi connectivity index (χ4n) is 3.05. The third-order valence-electron chi connectivity index (χ3n) is 4.29. The molecule has 0 aromatic carbocycles. The fraction of sp³-hybridized carbons (Fsp3) is 0.929. The van der Waals surface area contributed by atoms with Gasteiger partial charge in [0.2, 0.25) is 5.91 Å². The molecular formula is C14H26N2O2. The van der Waals surface area contributed by atoms with Gasteiger partial charge in [-0.25, -0.2) is 0 Å². The van der Waals surface area contributed by atoms with Gasteiger partial charge < -0.3 is 10.0 Å². The van der Waals surface area contributed by atoms with E-state index in [9.17, 15) is 9.90 Å². The first-order valence-corrected chi connectivity index (χ1v) is 7.31. The molecule has 104 valence electrons. The second kappa shape index (κ2) is 6.02. The van der Waals surface area contributed by atoms with Crippen LogP contribution in [0.3, 0.4) is 0 Å². The summed E-state index contributed by atoms with van der Waals surface area (Å²) in [7, 11) is 1.97. The maximum absolute atomic E-state index is 12.2. The van der Waals surface area contributed by atoms with Crippen LogP contribution >= 0.6 is 0 Å². The number of likely N-dealkylation sites (N-methyl/N-ethyl adjacent to an activating group) is 2. The van der Waals surface area contributed by atoms with Crippen molar-refractivity contribution in [2.24, 2.45) is 0 Å². The molecule has 0 heterocycles. The van der Waals surface area contributed by atoms with E-state index in [1.807, 2.05) is 18.9 Å². The fourth-order valence-corrected chi connectivity index (χ4v) is 3.05. The van der Waals surface area contributed by atoms with Crippen molar-refractivity contribution in [3.63, 3.8) is 0 Å². The molecule has 2 saturated carbocycles. The quantitative estimate of drug-likeness (QED) is 0.802. The highest BCUT2D eigenvalue weighted by molar-refractivity contribution is 5.78. The van der Waals surface area contributed by atoms with Gasteiger partial charge in [0, 0.05) is 18.6 Å². The molecule has 2 atom stereocenters. The smallest absolute Gasteiger partial charge is 0.236 e. The Morgan fingerprint density at radius 2 is 1.89 bits per heavy atom. The van der Waals surface area contributed by atoms with E-state index in [1.54, 1.807) is 0 Å². The van der Waals surface area contributed by atoms with E-state index in [2.05, 4.69) is 4.90 Å². The number of aliphatic hydroxyl groups excluding tert-OH is 1. The Morgan fingerprint density at radius 3 is 2.44 bits per heavy atom. The van der Waals surface area contributed by atoms with E-state index >= 15 is 0 Å². The van der Waals surface area contributed by atoms with Crippen molar-refractivity contribution in [1.82, 2.24) is 9.80 Å². The lowest BCUT2D eigenvalue weighted by atomic mass is 9.91. The predicted octanol–water partition coefficient (Wildman–Crippen LogP) is 1.23. The Kier molecular flexibility index (Phi) is 4.62. The Hall–Kier alpha value is -0.610. The molecule has 0 spiro atoms. The number of rotatable bonds is 5. The summed E-state index contributed by atoms with van der Waals surface area (Å²) in [5.74, 6) is 0.222. The molecule has 0 saturated heterocycles. The molecule has 2 unspecified atom stereocenters. The third-order valence-corrected chi connectivity index (χ3v) is 4.29. The zero-order chi connectivity index (χ0) is 13.1. The molecule has 0 aromatic heterocycles. The van der Waals surface area contributed by atoms with E-state index in [0.29, 0.717) is 12.6 Å². The summed E-state index contributed by atoms with van der Waals surface area (Å²) in [6, 6.07) is 0.660. The molecule has 1 amide bonds. The van der Waals surface area contributed by atoms with Gasteiger partial charge in [-0.3, -0.25) is 9.69 Å². The first kappa shape index (κ1) is 13.8. The number of carbonyl (C=O) groups is 1. The van der Waals surface area contributed by atoms with E-state index in [0.717, 1.165) is 38.6 Å². The summed E-state index contributed by atoms with van der Waals surface area (Å²) in [6.45, 7) is 3.31. The maximum Gasteiger partial charge on any atom is 0.236 e. The minimum atomic E-state index is -0.257. The summed E-state index contributed by atoms with van der Waals surface area (Å²) in [5, 5.41) is 10.0. The van der Waals surface area contributed by atoms with Crippen molar-refractivity contribution in [3.05, 3.63) is 0 Å². The SMILES string of the molecule is CCN(C(=O)CN(C)C1CCCCC1O)C1CC1. The molecule has 1 N–H and O–H groups in total. The molecule has 0 aliphatic heterocycles. The Morgan fingerprint density at radius 1 is 1.22 bits per heavy atom. The molecule has 4 nitrogen and oxygen atoms in total. The van der Waals surface area contributed by atoms with Crippen LogP contribution in [0.5, 0.6) is 0 Å². The largest absolute Gasteiger partial charge is 0.391 e. The van der Waals surface area contributed by atoms with E-state index < -0.39 is 0 Å². The molecule has 0 aromatic rings. The lowest BCUT2D eigenvalue weighted by Gasteiger charge is -2.35. The molecule has 2 rings (SSSR count). The van der Waals surface area contributed by atoms with Gasteiger partial charge in [-0.15, -0.1) is 0 Å². The zero-order valence-corrected chi connectivity index (χ0v) is 11.6. The highest BCUT2D eigenvalue weighted by Gasteiger charge is 2.33. The monoisotopic (exact) mass is 254 g/mol. The van der Waals surface area contributed by atoms with Crippen molar-refractivity contribution in [3.8, 4) is 0 Å². The van der Waals surface area contributed by atoms with Gasteiger partial charge in [-0.1, -0.05) is 12.8 Å². The van der Waals surface area contributed by atoms with Crippen molar-refractivity contribution < 1.29 is 9.90 Å². The first-order chi connectivity index (χ1) is 8.63. The Balaban J connectivity index is 1.85. The van der Waals surface area contributed by atoms with E-state index in [4.69, 9.17) is 0 Å². The summed E-state index contributed by atoms with van der Waals surface area (Å²) < 4.78 is 0. The van der Waals surface area contributed by atoms with E-state index in [-0.39, 0.29) is 18.1 Å². The van der Waals surface area contributed by atoms with Crippen LogP contribution in [0.1, 0.15) is 45.4 Å². The van der Waals surface area contributed by atoms with Crippen LogP contribution < -0.4 is 0 Å². The highest BCUT2D eigenvalue weighted by atomic mass is 16.3. The molecule has 0 radical (unpaired) electrons. The minimum absolute atomic E-state index is 0.167. The topological polar surface area (TPSA) is 43.8 Å². The Bertz CT molecular complexity index is 292. The second-order valence-corrected chi connectivity index (χ2v) is 5.75. The molecule has 0 bridgehead atoms. The third kappa shape index (κ3) is 3.23. The zero-order valence-electron chi connectivity index (χ0n) is 11.6. The maximum atomic E-state index is 12.2. The highest BCUT2D eigenvalue weighted by Crippen LogP contribution is 2.27. The number of amides is 1. The summed E-state index contributed by atoms with van der Waals surface area (Å²) in [4.78, 5) is 16.3. The molecule has 4 heteroatoms. The number of carbonyl (C=O) groups excluding carboxylic acids is 1. The van der Waals surface area contributed by atoms with Crippen LogP contribution in [-0.4, -0.2) is 59.1 Å². The van der Waals surface area contributed by atoms with Crippen LogP contribution in [0.15, 0.2) is 0 Å². The number of aliphatic hydroxyl groups is 1. The summed E-state index contributed by atoms with van der Waals surface area (Å²) >= 11 is 0. The average molecular weight is 254 g/mol. The molecule has 2 aliphatic rings. The lowest BCUT2D eigenvalue weighted by molar-refractivity contribution is -0.133. The molecule has 18 heavy (non-hydrogen) atoms. The number of nitrogens with zero attached hydrogens (tertiary/aromatic N) is 2. The van der Waals surface area contributed by atoms with Crippen LogP contribution in [0, 0.1) is 0 Å². The number of hydrogen-bond donors (Lipinski definition) is 1. The van der Waals surface area contributed by atoms with Gasteiger partial charge in [-0.05, 0) is 39.7 Å². The van der Waals surface area contributed by atoms with Crippen LogP contribution in [0.25, 0.3) is 0 Å². The van der Waals surface area contributed by atoms with Gasteiger partial charge in [0.1, 0.15) is 0 Å². The van der Waals surface area contributed by atoms with Crippen LogP contribution in [0.2, 0.25) is 0 Å². The summed E-state index contributed by atoms with van der Waals surface area (Å²) in [5.41, 5.74) is 0. The van der Waals surface area contributed by atoms with Gasteiger partial charge >= 0.3 is 0 Å². The van der Waals surface area contributed by atoms with Gasteiger partial charge in [-0.2, -0.15) is 0 Å². The Labute approximate surface area is 110 Å². The standard InChI is InChI=1S/C14H26N2O2/c1-3-16(11-8-9-11)14(18)10-15(2)12-6-4-5-7-13(12)17/h11-13,17H,3-10H2,1-2H3. The van der Waals surface area contributed by atoms with Crippen molar-refractivity contribution in [2.45, 2.75) is 63.6 Å². The minimum Gasteiger partial charge on any atom is -0.391 e. The molecule has 2 aliphatic carbocycles. The normalized spacial score (nSPS) is 28.4. The predicted molar refractivity (Wildman–Crippen MR) is 71.3 cm³/mol. The van der Waals surface area contributed by atoms with Crippen molar-refractivity contribution >= 4 is 5.91 Å². The van der Waals surface area contributed by atoms with Crippen LogP contribution in [-0.2, 0) is 4.79 Å². The lowest BCUT2D eigenvalue weighted by Crippen LogP contribution is -2.48. The molecular weight excluding hydrogens is 228 g/mol. The molecule has 2 fully saturated rings. The van der Waals surface area contributed by atoms with Crippen molar-refractivity contribution in [1.29, 1.82) is 0 Å². The van der Waals surface area contributed by atoms with Gasteiger partial charge in [0.15, 0.2) is 0 Å². The van der Waals surface area contributed by atoms with E-state index in [1.165, 1.54) is 6.42 Å². The number of hydrogen-bond acceptors (Lipinski definition) is 3. The first-order valence-electron chi connectivity index (χ1n) is 7.31. The average Bonchev–Trinajstić information content (AvgIpc) is 3.15. The second-order valence-electron chi connectivity index (χ2n) is 5.75. The van der Waals surface area contributed by atoms with Crippen molar-refractivity contribution in [2.75, 3.05) is 20.1 Å². The van der Waals surface area contributed by atoms with Gasteiger partial charge in [0.25, 0.3) is 0 Å². The van der Waals surface area contributed by atoms with Gasteiger partial charge in [0.05, 0.1) is 12.6 Å².